The summed E-state index contributed by atoms with van der Waals surface area (Å²) < 4.78 is 38.8. The van der Waals surface area contributed by atoms with E-state index in [-0.39, 0.29) is 24.5 Å². The molecule has 1 aromatic carbocycles. The number of hydrogen-bond acceptors (Lipinski definition) is 5. The van der Waals surface area contributed by atoms with Crippen LogP contribution in [0.25, 0.3) is 0 Å². The number of benzene rings is 1. The van der Waals surface area contributed by atoms with Gasteiger partial charge in [-0.15, -0.1) is 0 Å². The molecule has 1 amide bonds. The topological polar surface area (TPSA) is 59.1 Å². The van der Waals surface area contributed by atoms with Crippen LogP contribution in [-0.4, -0.2) is 44.4 Å². The summed E-state index contributed by atoms with van der Waals surface area (Å²) >= 11 is 0. The van der Waals surface area contributed by atoms with Gasteiger partial charge < -0.3 is 14.4 Å². The Labute approximate surface area is 143 Å². The van der Waals surface area contributed by atoms with Gasteiger partial charge in [0.1, 0.15) is 12.3 Å². The Morgan fingerprint density at radius 2 is 2.04 bits per heavy atom. The lowest BCUT2D eigenvalue weighted by Gasteiger charge is -2.27. The lowest BCUT2D eigenvalue weighted by Crippen LogP contribution is -2.30. The highest BCUT2D eigenvalue weighted by Crippen LogP contribution is 2.31. The van der Waals surface area contributed by atoms with Crippen molar-refractivity contribution in [3.05, 3.63) is 35.9 Å². The minimum Gasteiger partial charge on any atom is -0.462 e. The fourth-order valence-electron chi connectivity index (χ4n) is 2.88. The number of hydrogen-bond donors (Lipinski definition) is 0. The van der Waals surface area contributed by atoms with Crippen molar-refractivity contribution in [2.24, 2.45) is 0 Å². The first kappa shape index (κ1) is 17.2. The first-order chi connectivity index (χ1) is 12.0. The van der Waals surface area contributed by atoms with Crippen LogP contribution in [0.3, 0.4) is 0 Å². The molecule has 0 saturated carbocycles. The Hall–Kier alpha value is -2.64. The predicted molar refractivity (Wildman–Crippen MR) is 86.6 cm³/mol. The molecule has 8 heteroatoms. The van der Waals surface area contributed by atoms with Gasteiger partial charge in [-0.25, -0.2) is 13.6 Å². The molecule has 25 heavy (non-hydrogen) atoms. The van der Waals surface area contributed by atoms with Gasteiger partial charge in [0.15, 0.2) is 17.7 Å². The normalized spacial score (nSPS) is 20.0. The SMILES string of the molecule is CC(=O)OCC1CN(c2cc(F)c(N3CC=CCC3)c(F)c2)C(=O)O1. The average molecular weight is 352 g/mol. The Morgan fingerprint density at radius 1 is 1.32 bits per heavy atom. The first-order valence-corrected chi connectivity index (χ1v) is 7.96. The van der Waals surface area contributed by atoms with E-state index in [0.717, 1.165) is 23.5 Å². The summed E-state index contributed by atoms with van der Waals surface area (Å²) in [6, 6.07) is 2.23. The van der Waals surface area contributed by atoms with Crippen LogP contribution in [0, 0.1) is 11.6 Å². The van der Waals surface area contributed by atoms with E-state index in [2.05, 4.69) is 0 Å². The van der Waals surface area contributed by atoms with Crippen LogP contribution < -0.4 is 9.80 Å². The second kappa shape index (κ2) is 7.08. The summed E-state index contributed by atoms with van der Waals surface area (Å²) in [6.45, 7) is 2.16. The molecule has 0 radical (unpaired) electrons. The third kappa shape index (κ3) is 3.72. The monoisotopic (exact) mass is 352 g/mol. The van der Waals surface area contributed by atoms with E-state index >= 15 is 0 Å². The molecule has 6 nitrogen and oxygen atoms in total. The molecule has 2 heterocycles. The van der Waals surface area contributed by atoms with Crippen molar-refractivity contribution in [2.45, 2.75) is 19.4 Å². The molecule has 1 aromatic rings. The number of rotatable bonds is 4. The van der Waals surface area contributed by atoms with Crippen LogP contribution in [0.2, 0.25) is 0 Å². The van der Waals surface area contributed by atoms with Crippen LogP contribution >= 0.6 is 0 Å². The van der Waals surface area contributed by atoms with E-state index in [9.17, 15) is 18.4 Å². The number of carbonyl (C=O) groups is 2. The predicted octanol–water partition coefficient (Wildman–Crippen LogP) is 2.62. The van der Waals surface area contributed by atoms with Gasteiger partial charge in [0.2, 0.25) is 0 Å². The quantitative estimate of drug-likeness (QED) is 0.616. The van der Waals surface area contributed by atoms with Gasteiger partial charge in [0, 0.05) is 32.1 Å². The molecule has 0 aromatic heterocycles. The van der Waals surface area contributed by atoms with E-state index < -0.39 is 29.8 Å². The maximum atomic E-state index is 14.5. The van der Waals surface area contributed by atoms with Gasteiger partial charge in [-0.05, 0) is 6.42 Å². The molecular formula is C17H18F2N2O4. The molecule has 1 atom stereocenters. The van der Waals surface area contributed by atoms with Gasteiger partial charge in [-0.3, -0.25) is 9.69 Å². The third-order valence-electron chi connectivity index (χ3n) is 4.03. The van der Waals surface area contributed by atoms with Gasteiger partial charge in [-0.2, -0.15) is 0 Å². The smallest absolute Gasteiger partial charge is 0.414 e. The molecular weight excluding hydrogens is 334 g/mol. The summed E-state index contributed by atoms with van der Waals surface area (Å²) in [5, 5.41) is 0. The number of ether oxygens (including phenoxy) is 2. The summed E-state index contributed by atoms with van der Waals surface area (Å²) in [5.41, 5.74) is -0.0289. The Balaban J connectivity index is 1.78. The molecule has 0 aliphatic carbocycles. The molecule has 2 aliphatic heterocycles. The van der Waals surface area contributed by atoms with Crippen molar-refractivity contribution in [3.63, 3.8) is 0 Å². The Morgan fingerprint density at radius 3 is 2.64 bits per heavy atom. The van der Waals surface area contributed by atoms with Crippen LogP contribution in [-0.2, 0) is 14.3 Å². The second-order valence-electron chi connectivity index (χ2n) is 5.88. The summed E-state index contributed by atoms with van der Waals surface area (Å²) in [4.78, 5) is 25.5. The van der Waals surface area contributed by atoms with Gasteiger partial charge in [0.05, 0.1) is 12.2 Å². The van der Waals surface area contributed by atoms with Crippen LogP contribution in [0.4, 0.5) is 25.0 Å². The number of anilines is 2. The molecule has 2 aliphatic rings. The zero-order valence-electron chi connectivity index (χ0n) is 13.7. The van der Waals surface area contributed by atoms with E-state index in [1.165, 1.54) is 6.92 Å². The lowest BCUT2D eigenvalue weighted by atomic mass is 10.1. The maximum absolute atomic E-state index is 14.5. The number of halogens is 2. The van der Waals surface area contributed by atoms with Crippen molar-refractivity contribution < 1.29 is 27.8 Å². The van der Waals surface area contributed by atoms with E-state index in [1.807, 2.05) is 12.2 Å². The molecule has 3 rings (SSSR count). The number of cyclic esters (lactones) is 1. The van der Waals surface area contributed by atoms with Crippen molar-refractivity contribution in [1.82, 2.24) is 0 Å². The average Bonchev–Trinajstić information content (AvgIpc) is 2.94. The zero-order valence-corrected chi connectivity index (χ0v) is 13.7. The van der Waals surface area contributed by atoms with Crippen LogP contribution in [0.15, 0.2) is 24.3 Å². The van der Waals surface area contributed by atoms with Crippen molar-refractivity contribution in [3.8, 4) is 0 Å². The fraction of sp³-hybridized carbons (Fsp3) is 0.412. The summed E-state index contributed by atoms with van der Waals surface area (Å²) in [6.07, 6.45) is 3.13. The van der Waals surface area contributed by atoms with E-state index in [0.29, 0.717) is 13.1 Å². The maximum Gasteiger partial charge on any atom is 0.414 e. The number of esters is 1. The highest BCUT2D eigenvalue weighted by molar-refractivity contribution is 5.90. The largest absolute Gasteiger partial charge is 0.462 e. The van der Waals surface area contributed by atoms with Crippen molar-refractivity contribution in [1.29, 1.82) is 0 Å². The van der Waals surface area contributed by atoms with Gasteiger partial charge >= 0.3 is 12.1 Å². The zero-order chi connectivity index (χ0) is 18.0. The van der Waals surface area contributed by atoms with Crippen molar-refractivity contribution in [2.75, 3.05) is 36.0 Å². The number of nitrogens with zero attached hydrogens (tertiary/aromatic N) is 2. The second-order valence-corrected chi connectivity index (χ2v) is 5.88. The molecule has 1 saturated heterocycles. The Bertz CT molecular complexity index is 700. The molecule has 0 spiro atoms. The highest BCUT2D eigenvalue weighted by atomic mass is 19.1. The van der Waals surface area contributed by atoms with Gasteiger partial charge in [-0.1, -0.05) is 12.2 Å². The number of carbonyl (C=O) groups excluding carboxylic acids is 2. The Kier molecular flexibility index (Phi) is 4.87. The lowest BCUT2D eigenvalue weighted by molar-refractivity contribution is -0.143. The van der Waals surface area contributed by atoms with E-state index in [4.69, 9.17) is 9.47 Å². The molecule has 134 valence electrons. The number of amides is 1. The standard InChI is InChI=1S/C17H18F2N2O4/c1-11(22)24-10-13-9-21(17(23)25-13)12-7-14(18)16(15(19)8-12)20-5-3-2-4-6-20/h2-3,7-8,13H,4-6,9-10H2,1H3. The minimum absolute atomic E-state index is 0.0524. The minimum atomic E-state index is -0.735. The summed E-state index contributed by atoms with van der Waals surface area (Å²) in [5.74, 6) is -1.96. The third-order valence-corrected chi connectivity index (χ3v) is 4.03. The fourth-order valence-corrected chi connectivity index (χ4v) is 2.88. The van der Waals surface area contributed by atoms with Crippen molar-refractivity contribution >= 4 is 23.4 Å². The van der Waals surface area contributed by atoms with Gasteiger partial charge in [0.25, 0.3) is 0 Å². The van der Waals surface area contributed by atoms with E-state index in [1.54, 1.807) is 4.90 Å². The first-order valence-electron chi connectivity index (χ1n) is 7.96. The van der Waals surface area contributed by atoms with Crippen LogP contribution in [0.1, 0.15) is 13.3 Å². The summed E-state index contributed by atoms with van der Waals surface area (Å²) in [7, 11) is 0. The highest BCUT2D eigenvalue weighted by Gasteiger charge is 2.34. The molecule has 1 unspecified atom stereocenters. The van der Waals surface area contributed by atoms with Crippen LogP contribution in [0.5, 0.6) is 0 Å². The molecule has 1 fully saturated rings. The molecule has 0 bridgehead atoms. The molecule has 0 N–H and O–H groups in total.